The standard InChI is InChI=1S/C17H23N3O2S/c1-5-20-16(12(3)4)18-19-17(20)23-11-15(21)13-7-9-14(10-8-13)22-6-2/h7-10,12H,5-6,11H2,1-4H3. The van der Waals surface area contributed by atoms with Gasteiger partial charge in [0.2, 0.25) is 0 Å². The first-order valence-electron chi connectivity index (χ1n) is 7.88. The van der Waals surface area contributed by atoms with Crippen molar-refractivity contribution in [1.82, 2.24) is 14.8 Å². The molecule has 1 heterocycles. The van der Waals surface area contributed by atoms with E-state index in [-0.39, 0.29) is 5.78 Å². The van der Waals surface area contributed by atoms with Gasteiger partial charge in [0.1, 0.15) is 11.6 Å². The van der Waals surface area contributed by atoms with Gasteiger partial charge in [-0.1, -0.05) is 25.6 Å². The first kappa shape index (κ1) is 17.5. The molecule has 0 aliphatic carbocycles. The van der Waals surface area contributed by atoms with Gasteiger partial charge in [0.25, 0.3) is 0 Å². The summed E-state index contributed by atoms with van der Waals surface area (Å²) in [5.41, 5.74) is 0.688. The van der Waals surface area contributed by atoms with Gasteiger partial charge in [0.15, 0.2) is 10.9 Å². The van der Waals surface area contributed by atoms with E-state index in [0.29, 0.717) is 23.8 Å². The molecule has 0 saturated heterocycles. The highest BCUT2D eigenvalue weighted by Gasteiger charge is 2.15. The summed E-state index contributed by atoms with van der Waals surface area (Å²) in [6.07, 6.45) is 0. The molecule has 2 rings (SSSR count). The second kappa shape index (κ2) is 8.15. The minimum absolute atomic E-state index is 0.0785. The van der Waals surface area contributed by atoms with E-state index < -0.39 is 0 Å². The number of hydrogen-bond donors (Lipinski definition) is 0. The van der Waals surface area contributed by atoms with Crippen LogP contribution in [0.25, 0.3) is 0 Å². The predicted molar refractivity (Wildman–Crippen MR) is 92.5 cm³/mol. The van der Waals surface area contributed by atoms with Crippen molar-refractivity contribution in [2.45, 2.75) is 45.3 Å². The van der Waals surface area contributed by atoms with Crippen LogP contribution in [-0.4, -0.2) is 32.9 Å². The highest BCUT2D eigenvalue weighted by molar-refractivity contribution is 7.99. The fourth-order valence-corrected chi connectivity index (χ4v) is 3.15. The molecule has 23 heavy (non-hydrogen) atoms. The smallest absolute Gasteiger partial charge is 0.191 e. The number of thioether (sulfide) groups is 1. The zero-order valence-corrected chi connectivity index (χ0v) is 14.9. The molecule has 1 aromatic heterocycles. The van der Waals surface area contributed by atoms with Crippen LogP contribution in [0.3, 0.4) is 0 Å². The highest BCUT2D eigenvalue weighted by atomic mass is 32.2. The highest BCUT2D eigenvalue weighted by Crippen LogP contribution is 2.22. The fraction of sp³-hybridized carbons (Fsp3) is 0.471. The van der Waals surface area contributed by atoms with Gasteiger partial charge in [0.05, 0.1) is 12.4 Å². The van der Waals surface area contributed by atoms with Crippen molar-refractivity contribution >= 4 is 17.5 Å². The molecule has 6 heteroatoms. The Morgan fingerprint density at radius 2 is 1.91 bits per heavy atom. The Morgan fingerprint density at radius 1 is 1.22 bits per heavy atom. The van der Waals surface area contributed by atoms with Gasteiger partial charge in [-0.2, -0.15) is 0 Å². The molecule has 5 nitrogen and oxygen atoms in total. The lowest BCUT2D eigenvalue weighted by Gasteiger charge is -2.09. The zero-order chi connectivity index (χ0) is 16.8. The molecule has 0 aliphatic rings. The molecule has 0 fully saturated rings. The predicted octanol–water partition coefficient (Wildman–Crippen LogP) is 3.80. The number of carbonyl (C=O) groups excluding carboxylic acids is 1. The minimum Gasteiger partial charge on any atom is -0.494 e. The number of aromatic nitrogens is 3. The third-order valence-corrected chi connectivity index (χ3v) is 4.36. The van der Waals surface area contributed by atoms with Gasteiger partial charge in [-0.25, -0.2) is 0 Å². The topological polar surface area (TPSA) is 57.0 Å². The van der Waals surface area contributed by atoms with Crippen LogP contribution >= 0.6 is 11.8 Å². The Balaban J connectivity index is 2.01. The normalized spacial score (nSPS) is 11.0. The Labute approximate surface area is 141 Å². The Morgan fingerprint density at radius 3 is 2.48 bits per heavy atom. The number of benzene rings is 1. The summed E-state index contributed by atoms with van der Waals surface area (Å²) < 4.78 is 7.46. The summed E-state index contributed by atoms with van der Waals surface area (Å²) in [6, 6.07) is 7.26. The number of nitrogens with zero attached hydrogens (tertiary/aromatic N) is 3. The molecule has 0 spiro atoms. The van der Waals surface area contributed by atoms with E-state index in [1.54, 1.807) is 12.1 Å². The van der Waals surface area contributed by atoms with Crippen molar-refractivity contribution in [3.8, 4) is 5.75 Å². The third-order valence-electron chi connectivity index (χ3n) is 3.40. The van der Waals surface area contributed by atoms with Crippen molar-refractivity contribution in [1.29, 1.82) is 0 Å². The molecule has 0 saturated carbocycles. The molecule has 1 aromatic carbocycles. The molecule has 0 radical (unpaired) electrons. The summed E-state index contributed by atoms with van der Waals surface area (Å²) >= 11 is 1.44. The van der Waals surface area contributed by atoms with Crippen LogP contribution < -0.4 is 4.74 Å². The molecular formula is C17H23N3O2S. The monoisotopic (exact) mass is 333 g/mol. The Hall–Kier alpha value is -1.82. The molecule has 0 bridgehead atoms. The number of ether oxygens (including phenoxy) is 1. The second-order valence-corrected chi connectivity index (χ2v) is 6.35. The second-order valence-electron chi connectivity index (χ2n) is 5.41. The van der Waals surface area contributed by atoms with E-state index in [4.69, 9.17) is 4.74 Å². The van der Waals surface area contributed by atoms with E-state index >= 15 is 0 Å². The maximum Gasteiger partial charge on any atom is 0.191 e. The van der Waals surface area contributed by atoms with Crippen molar-refractivity contribution in [2.75, 3.05) is 12.4 Å². The first-order chi connectivity index (χ1) is 11.1. The van der Waals surface area contributed by atoms with Gasteiger partial charge < -0.3 is 9.30 Å². The van der Waals surface area contributed by atoms with Crippen LogP contribution in [-0.2, 0) is 6.54 Å². The summed E-state index contributed by atoms with van der Waals surface area (Å²) in [5.74, 6) is 2.49. The lowest BCUT2D eigenvalue weighted by atomic mass is 10.1. The van der Waals surface area contributed by atoms with E-state index in [9.17, 15) is 4.79 Å². The average molecular weight is 333 g/mol. The molecule has 0 unspecified atom stereocenters. The number of rotatable bonds is 8. The maximum atomic E-state index is 12.3. The molecule has 0 atom stereocenters. The molecule has 0 N–H and O–H groups in total. The van der Waals surface area contributed by atoms with E-state index in [1.807, 2.05) is 19.1 Å². The van der Waals surface area contributed by atoms with Gasteiger partial charge in [-0.3, -0.25) is 4.79 Å². The van der Waals surface area contributed by atoms with Crippen LogP contribution in [0.5, 0.6) is 5.75 Å². The Bertz CT molecular complexity index is 650. The summed E-state index contributed by atoms with van der Waals surface area (Å²) in [4.78, 5) is 12.3. The number of hydrogen-bond acceptors (Lipinski definition) is 5. The van der Waals surface area contributed by atoms with Crippen LogP contribution in [0, 0.1) is 0 Å². The number of ketones is 1. The van der Waals surface area contributed by atoms with Gasteiger partial charge in [-0.15, -0.1) is 10.2 Å². The number of carbonyl (C=O) groups is 1. The summed E-state index contributed by atoms with van der Waals surface area (Å²) in [5, 5.41) is 9.25. The third kappa shape index (κ3) is 4.34. The molecular weight excluding hydrogens is 310 g/mol. The minimum atomic E-state index is 0.0785. The van der Waals surface area contributed by atoms with E-state index in [2.05, 4.69) is 35.5 Å². The lowest BCUT2D eigenvalue weighted by Crippen LogP contribution is -2.07. The van der Waals surface area contributed by atoms with Crippen molar-refractivity contribution in [2.24, 2.45) is 0 Å². The first-order valence-corrected chi connectivity index (χ1v) is 8.87. The van der Waals surface area contributed by atoms with E-state index in [0.717, 1.165) is 23.3 Å². The largest absolute Gasteiger partial charge is 0.494 e. The van der Waals surface area contributed by atoms with Crippen molar-refractivity contribution in [3.05, 3.63) is 35.7 Å². The van der Waals surface area contributed by atoms with Crippen LogP contribution in [0.2, 0.25) is 0 Å². The maximum absolute atomic E-state index is 12.3. The molecule has 0 aliphatic heterocycles. The van der Waals surface area contributed by atoms with Gasteiger partial charge in [0, 0.05) is 18.0 Å². The SMILES string of the molecule is CCOc1ccc(C(=O)CSc2nnc(C(C)C)n2CC)cc1. The lowest BCUT2D eigenvalue weighted by molar-refractivity contribution is 0.102. The molecule has 2 aromatic rings. The zero-order valence-electron chi connectivity index (χ0n) is 14.1. The van der Waals surface area contributed by atoms with Crippen LogP contribution in [0.4, 0.5) is 0 Å². The van der Waals surface area contributed by atoms with Gasteiger partial charge in [-0.05, 0) is 38.1 Å². The molecule has 124 valence electrons. The summed E-state index contributed by atoms with van der Waals surface area (Å²) in [7, 11) is 0. The fourth-order valence-electron chi connectivity index (χ4n) is 2.25. The van der Waals surface area contributed by atoms with Crippen molar-refractivity contribution < 1.29 is 9.53 Å². The average Bonchev–Trinajstić information content (AvgIpc) is 2.96. The van der Waals surface area contributed by atoms with Gasteiger partial charge >= 0.3 is 0 Å². The van der Waals surface area contributed by atoms with Crippen LogP contribution in [0.15, 0.2) is 29.4 Å². The quantitative estimate of drug-likeness (QED) is 0.543. The van der Waals surface area contributed by atoms with E-state index in [1.165, 1.54) is 11.8 Å². The number of Topliss-reactive ketones (excluding diaryl/α,β-unsaturated/α-hetero) is 1. The molecule has 0 amide bonds. The van der Waals surface area contributed by atoms with Crippen LogP contribution in [0.1, 0.15) is 49.8 Å². The Kier molecular flexibility index (Phi) is 6.21. The van der Waals surface area contributed by atoms with Crippen molar-refractivity contribution in [3.63, 3.8) is 0 Å². The summed E-state index contributed by atoms with van der Waals surface area (Å²) in [6.45, 7) is 9.61.